The lowest BCUT2D eigenvalue weighted by Crippen LogP contribution is -2.19. The highest BCUT2D eigenvalue weighted by Gasteiger charge is 2.23. The van der Waals surface area contributed by atoms with Crippen molar-refractivity contribution in [2.75, 3.05) is 0 Å². The van der Waals surface area contributed by atoms with Crippen LogP contribution in [0.5, 0.6) is 0 Å². The van der Waals surface area contributed by atoms with Crippen molar-refractivity contribution in [3.05, 3.63) is 91.2 Å². The molecule has 5 nitrogen and oxygen atoms in total. The van der Waals surface area contributed by atoms with E-state index in [4.69, 9.17) is 11.6 Å². The molecule has 4 aromatic rings. The molecular formula is C23H17ClN2O3S. The third kappa shape index (κ3) is 3.67. The van der Waals surface area contributed by atoms with Crippen LogP contribution in [0, 0.1) is 13.8 Å². The quantitative estimate of drug-likeness (QED) is 0.454. The number of nitrogens with zero attached hydrogens (tertiary/aromatic N) is 2. The summed E-state index contributed by atoms with van der Waals surface area (Å²) in [6, 6.07) is 14.7. The van der Waals surface area contributed by atoms with Crippen molar-refractivity contribution in [3.63, 3.8) is 0 Å². The minimum atomic E-state index is -1.11. The standard InChI is InChI=1S/C23H17ClN2O3S/c1-13-4-3-5-15(12-13)6-11-18-14(2)21(27)26-19(16-7-9-17(24)10-8-16)20(22(28)29)30-23(26)25-18/h3-12H,1-2H3,(H,28,29)/b11-6+. The highest BCUT2D eigenvalue weighted by atomic mass is 35.5. The summed E-state index contributed by atoms with van der Waals surface area (Å²) in [6.45, 7) is 3.71. The maximum atomic E-state index is 13.2. The van der Waals surface area contributed by atoms with Crippen LogP contribution in [-0.2, 0) is 0 Å². The number of carbonyl (C=O) groups is 1. The number of aryl methyl sites for hydroxylation is 1. The van der Waals surface area contributed by atoms with E-state index in [9.17, 15) is 14.7 Å². The molecule has 2 aromatic heterocycles. The zero-order valence-corrected chi connectivity index (χ0v) is 17.8. The second-order valence-electron chi connectivity index (χ2n) is 6.88. The SMILES string of the molecule is Cc1cccc(/C=C/c2nc3sc(C(=O)O)c(-c4ccc(Cl)cc4)n3c(=O)c2C)c1. The van der Waals surface area contributed by atoms with E-state index in [1.54, 1.807) is 37.3 Å². The Balaban J connectivity index is 1.92. The molecule has 0 aliphatic carbocycles. The molecule has 0 aliphatic rings. The molecule has 0 fully saturated rings. The Morgan fingerprint density at radius 1 is 1.13 bits per heavy atom. The number of carboxylic acid groups (broad SMARTS) is 1. The van der Waals surface area contributed by atoms with Crippen LogP contribution < -0.4 is 5.56 Å². The summed E-state index contributed by atoms with van der Waals surface area (Å²) in [5.41, 5.74) is 3.70. The van der Waals surface area contributed by atoms with Gasteiger partial charge in [0.25, 0.3) is 5.56 Å². The number of thiazole rings is 1. The summed E-state index contributed by atoms with van der Waals surface area (Å²) in [7, 11) is 0. The number of benzene rings is 2. The van der Waals surface area contributed by atoms with Crippen LogP contribution in [0.15, 0.2) is 53.3 Å². The largest absolute Gasteiger partial charge is 0.477 e. The predicted octanol–water partition coefficient (Wildman–Crippen LogP) is 5.56. The first-order valence-corrected chi connectivity index (χ1v) is 10.3. The Bertz CT molecular complexity index is 1370. The van der Waals surface area contributed by atoms with Crippen molar-refractivity contribution < 1.29 is 9.90 Å². The number of hydrogen-bond donors (Lipinski definition) is 1. The summed E-state index contributed by atoms with van der Waals surface area (Å²) >= 11 is 6.94. The molecule has 2 heterocycles. The van der Waals surface area contributed by atoms with Gasteiger partial charge in [0.2, 0.25) is 0 Å². The van der Waals surface area contributed by atoms with Gasteiger partial charge in [0.05, 0.1) is 11.4 Å². The normalized spacial score (nSPS) is 11.4. The molecule has 0 amide bonds. The van der Waals surface area contributed by atoms with Gasteiger partial charge in [-0.2, -0.15) is 0 Å². The van der Waals surface area contributed by atoms with Gasteiger partial charge in [-0.05, 0) is 37.6 Å². The number of fused-ring (bicyclic) bond motifs is 1. The van der Waals surface area contributed by atoms with Gasteiger partial charge >= 0.3 is 5.97 Å². The molecular weight excluding hydrogens is 420 g/mol. The van der Waals surface area contributed by atoms with Gasteiger partial charge in [0.15, 0.2) is 4.96 Å². The van der Waals surface area contributed by atoms with Gasteiger partial charge in [-0.15, -0.1) is 0 Å². The van der Waals surface area contributed by atoms with E-state index in [1.807, 2.05) is 37.3 Å². The maximum absolute atomic E-state index is 13.2. The topological polar surface area (TPSA) is 71.7 Å². The lowest BCUT2D eigenvalue weighted by molar-refractivity contribution is 0.0702. The minimum Gasteiger partial charge on any atom is -0.477 e. The zero-order valence-electron chi connectivity index (χ0n) is 16.2. The van der Waals surface area contributed by atoms with Gasteiger partial charge in [-0.25, -0.2) is 14.2 Å². The Hall–Kier alpha value is -3.22. The molecule has 0 saturated carbocycles. The van der Waals surface area contributed by atoms with E-state index in [2.05, 4.69) is 4.98 Å². The lowest BCUT2D eigenvalue weighted by Gasteiger charge is -2.06. The average molecular weight is 437 g/mol. The molecule has 0 unspecified atom stereocenters. The monoisotopic (exact) mass is 436 g/mol. The number of hydrogen-bond acceptors (Lipinski definition) is 4. The maximum Gasteiger partial charge on any atom is 0.348 e. The van der Waals surface area contributed by atoms with Crippen LogP contribution in [0.25, 0.3) is 28.4 Å². The van der Waals surface area contributed by atoms with Crippen molar-refractivity contribution in [2.24, 2.45) is 0 Å². The van der Waals surface area contributed by atoms with Crippen molar-refractivity contribution in [2.45, 2.75) is 13.8 Å². The van der Waals surface area contributed by atoms with Gasteiger partial charge < -0.3 is 5.11 Å². The van der Waals surface area contributed by atoms with Crippen LogP contribution in [0.4, 0.5) is 0 Å². The molecule has 1 N–H and O–H groups in total. The molecule has 0 bridgehead atoms. The molecule has 4 rings (SSSR count). The number of aromatic nitrogens is 2. The van der Waals surface area contributed by atoms with E-state index < -0.39 is 5.97 Å². The molecule has 150 valence electrons. The van der Waals surface area contributed by atoms with E-state index in [-0.39, 0.29) is 10.4 Å². The van der Waals surface area contributed by atoms with Gasteiger partial charge in [0, 0.05) is 16.1 Å². The second kappa shape index (κ2) is 7.89. The van der Waals surface area contributed by atoms with Crippen LogP contribution in [0.1, 0.15) is 32.1 Å². The Morgan fingerprint density at radius 2 is 1.87 bits per heavy atom. The third-order valence-electron chi connectivity index (χ3n) is 4.74. The highest BCUT2D eigenvalue weighted by Crippen LogP contribution is 2.31. The van der Waals surface area contributed by atoms with Crippen LogP contribution in [0.2, 0.25) is 5.02 Å². The molecule has 0 spiro atoms. The van der Waals surface area contributed by atoms with Gasteiger partial charge in [0.1, 0.15) is 4.88 Å². The second-order valence-corrected chi connectivity index (χ2v) is 8.30. The first-order chi connectivity index (χ1) is 14.3. The van der Waals surface area contributed by atoms with Crippen LogP contribution in [-0.4, -0.2) is 20.5 Å². The first kappa shape index (κ1) is 20.1. The first-order valence-electron chi connectivity index (χ1n) is 9.15. The van der Waals surface area contributed by atoms with Gasteiger partial charge in [-0.3, -0.25) is 4.79 Å². The van der Waals surface area contributed by atoms with Crippen molar-refractivity contribution in [1.82, 2.24) is 9.38 Å². The number of carboxylic acids is 1. The van der Waals surface area contributed by atoms with E-state index in [1.165, 1.54) is 4.40 Å². The van der Waals surface area contributed by atoms with Crippen molar-refractivity contribution >= 4 is 46.0 Å². The fourth-order valence-corrected chi connectivity index (χ4v) is 4.34. The molecule has 2 aromatic carbocycles. The Labute approximate surface area is 181 Å². The fraction of sp³-hybridized carbons (Fsp3) is 0.0870. The smallest absolute Gasteiger partial charge is 0.348 e. The Morgan fingerprint density at radius 3 is 2.53 bits per heavy atom. The number of aromatic carboxylic acids is 1. The summed E-state index contributed by atoms with van der Waals surface area (Å²) < 4.78 is 1.37. The zero-order chi connectivity index (χ0) is 21.4. The summed E-state index contributed by atoms with van der Waals surface area (Å²) in [4.78, 5) is 30.0. The van der Waals surface area contributed by atoms with Crippen molar-refractivity contribution in [1.29, 1.82) is 0 Å². The molecule has 0 saturated heterocycles. The lowest BCUT2D eigenvalue weighted by atomic mass is 10.1. The summed E-state index contributed by atoms with van der Waals surface area (Å²) in [6.07, 6.45) is 3.68. The molecule has 7 heteroatoms. The number of halogens is 1. The van der Waals surface area contributed by atoms with E-state index in [0.29, 0.717) is 32.5 Å². The van der Waals surface area contributed by atoms with E-state index >= 15 is 0 Å². The fourth-order valence-electron chi connectivity index (χ4n) is 3.23. The molecule has 0 radical (unpaired) electrons. The summed E-state index contributed by atoms with van der Waals surface area (Å²) in [5, 5.41) is 10.2. The van der Waals surface area contributed by atoms with Crippen molar-refractivity contribution in [3.8, 4) is 11.3 Å². The summed E-state index contributed by atoms with van der Waals surface area (Å²) in [5.74, 6) is -1.11. The van der Waals surface area contributed by atoms with E-state index in [0.717, 1.165) is 22.5 Å². The van der Waals surface area contributed by atoms with Crippen LogP contribution >= 0.6 is 22.9 Å². The minimum absolute atomic E-state index is 0.0566. The predicted molar refractivity (Wildman–Crippen MR) is 122 cm³/mol. The number of rotatable bonds is 4. The van der Waals surface area contributed by atoms with Crippen LogP contribution in [0.3, 0.4) is 0 Å². The third-order valence-corrected chi connectivity index (χ3v) is 6.02. The molecule has 30 heavy (non-hydrogen) atoms. The molecule has 0 atom stereocenters. The molecule has 0 aliphatic heterocycles. The average Bonchev–Trinajstić information content (AvgIpc) is 3.10. The Kier molecular flexibility index (Phi) is 5.28. The highest BCUT2D eigenvalue weighted by molar-refractivity contribution is 7.19. The van der Waals surface area contributed by atoms with Gasteiger partial charge in [-0.1, -0.05) is 71.0 Å².